The van der Waals surface area contributed by atoms with Gasteiger partial charge in [0.1, 0.15) is 0 Å². The van der Waals surface area contributed by atoms with Gasteiger partial charge in [0, 0.05) is 38.3 Å². The summed E-state index contributed by atoms with van der Waals surface area (Å²) in [4.78, 5) is 28.6. The molecule has 0 aromatic heterocycles. The average molecular weight is 344 g/mol. The third-order valence-corrected chi connectivity index (χ3v) is 3.74. The maximum absolute atomic E-state index is 9.55. The summed E-state index contributed by atoms with van der Waals surface area (Å²) < 4.78 is 0. The molecule has 2 aliphatic rings. The van der Waals surface area contributed by atoms with E-state index in [-0.39, 0.29) is 0 Å². The minimum absolute atomic E-state index is 0.558. The molecule has 2 saturated heterocycles. The van der Waals surface area contributed by atoms with Crippen molar-refractivity contribution < 1.29 is 19.8 Å². The molecule has 2 fully saturated rings. The fourth-order valence-corrected chi connectivity index (χ4v) is 2.25. The second kappa shape index (κ2) is 12.9. The molecule has 8 heteroatoms. The molecule has 0 aliphatic carbocycles. The summed E-state index contributed by atoms with van der Waals surface area (Å²) >= 11 is 0. The minimum atomic E-state index is -1.26. The predicted octanol–water partition coefficient (Wildman–Crippen LogP) is 0.134. The van der Waals surface area contributed by atoms with Crippen LogP contribution in [0.5, 0.6) is 0 Å². The summed E-state index contributed by atoms with van der Waals surface area (Å²) in [5, 5.41) is 15.6. The van der Waals surface area contributed by atoms with Crippen LogP contribution in [0.4, 0.5) is 0 Å². The molecular weight excluding hydrogens is 312 g/mol. The molecule has 0 amide bonds. The van der Waals surface area contributed by atoms with E-state index in [1.54, 1.807) is 0 Å². The van der Waals surface area contributed by atoms with E-state index in [0.717, 1.165) is 13.3 Å². The van der Waals surface area contributed by atoms with Crippen LogP contribution in [-0.2, 0) is 9.59 Å². The average Bonchev–Trinajstić information content (AvgIpc) is 3.14. The summed E-state index contributed by atoms with van der Waals surface area (Å²) in [6, 6.07) is 0. The number of carboxylic acids is 2. The Morgan fingerprint density at radius 1 is 0.792 bits per heavy atom. The highest BCUT2D eigenvalue weighted by Gasteiger charge is 2.13. The molecule has 2 aliphatic heterocycles. The predicted molar refractivity (Wildman–Crippen MR) is 93.9 cm³/mol. The first-order valence-electron chi connectivity index (χ1n) is 8.24. The third-order valence-electron chi connectivity index (χ3n) is 3.74. The van der Waals surface area contributed by atoms with Gasteiger partial charge < -0.3 is 10.2 Å². The van der Waals surface area contributed by atoms with Gasteiger partial charge in [0.25, 0.3) is 0 Å². The van der Waals surface area contributed by atoms with Crippen molar-refractivity contribution in [2.24, 2.45) is 0 Å². The monoisotopic (exact) mass is 344 g/mol. The van der Waals surface area contributed by atoms with Crippen molar-refractivity contribution in [1.82, 2.24) is 19.6 Å². The van der Waals surface area contributed by atoms with E-state index in [0.29, 0.717) is 12.2 Å². The molecule has 24 heavy (non-hydrogen) atoms. The first kappa shape index (κ1) is 22.5. The number of carboxylic acid groups (broad SMARTS) is 2. The first-order chi connectivity index (χ1) is 11.3. The zero-order chi connectivity index (χ0) is 18.5. The fourth-order valence-electron chi connectivity index (χ4n) is 2.25. The molecule has 0 bridgehead atoms. The Morgan fingerprint density at radius 3 is 1.25 bits per heavy atom. The molecule has 8 nitrogen and oxygen atoms in total. The highest BCUT2D eigenvalue weighted by molar-refractivity contribution is 5.89. The van der Waals surface area contributed by atoms with Gasteiger partial charge in [0.2, 0.25) is 0 Å². The number of carbonyl (C=O) groups is 2. The van der Waals surface area contributed by atoms with Crippen molar-refractivity contribution in [2.75, 3.05) is 66.7 Å². The summed E-state index contributed by atoms with van der Waals surface area (Å²) in [5.41, 5.74) is 0. The zero-order valence-electron chi connectivity index (χ0n) is 15.3. The summed E-state index contributed by atoms with van der Waals surface area (Å²) in [7, 11) is 4.32. The van der Waals surface area contributed by atoms with E-state index in [4.69, 9.17) is 10.2 Å². The molecule has 0 aromatic rings. The molecule has 0 aromatic carbocycles. The Hall–Kier alpha value is -1.48. The second-order valence-corrected chi connectivity index (χ2v) is 5.87. The van der Waals surface area contributed by atoms with Crippen molar-refractivity contribution in [3.05, 3.63) is 12.2 Å². The zero-order valence-corrected chi connectivity index (χ0v) is 15.3. The number of likely N-dealkylation sites (N-methyl/N-ethyl adjacent to an activating group) is 4. The van der Waals surface area contributed by atoms with Gasteiger partial charge in [-0.1, -0.05) is 13.8 Å². The van der Waals surface area contributed by atoms with Crippen molar-refractivity contribution in [3.63, 3.8) is 0 Å². The standard InChI is InChI=1S/2C6H14N2.C4H4O4/c2*1-3-8-5-4-7(2)6-8;5-3(6)1-2-4(7)8/h2*3-6H2,1-2H3;1-2H,(H,5,6)(H,7,8)/b;;2-1-. The summed E-state index contributed by atoms with van der Waals surface area (Å²) in [6.45, 7) is 14.1. The van der Waals surface area contributed by atoms with Crippen LogP contribution in [0.15, 0.2) is 12.2 Å². The van der Waals surface area contributed by atoms with Crippen molar-refractivity contribution >= 4 is 11.9 Å². The molecule has 2 N–H and O–H groups in total. The lowest BCUT2D eigenvalue weighted by Crippen LogP contribution is -2.22. The number of rotatable bonds is 4. The van der Waals surface area contributed by atoms with E-state index in [9.17, 15) is 9.59 Å². The topological polar surface area (TPSA) is 87.6 Å². The van der Waals surface area contributed by atoms with E-state index in [1.165, 1.54) is 39.3 Å². The van der Waals surface area contributed by atoms with Crippen LogP contribution in [0.1, 0.15) is 13.8 Å². The van der Waals surface area contributed by atoms with Gasteiger partial charge in [-0.25, -0.2) is 9.59 Å². The van der Waals surface area contributed by atoms with Crippen LogP contribution in [0.3, 0.4) is 0 Å². The lowest BCUT2D eigenvalue weighted by molar-refractivity contribution is -0.134. The number of nitrogens with zero attached hydrogens (tertiary/aromatic N) is 4. The van der Waals surface area contributed by atoms with Crippen molar-refractivity contribution in [2.45, 2.75) is 13.8 Å². The van der Waals surface area contributed by atoms with E-state index >= 15 is 0 Å². The Kier molecular flexibility index (Phi) is 12.1. The molecule has 0 atom stereocenters. The quantitative estimate of drug-likeness (QED) is 0.696. The number of aliphatic carboxylic acids is 2. The number of hydrogen-bond donors (Lipinski definition) is 2. The normalized spacial score (nSPS) is 19.7. The maximum atomic E-state index is 9.55. The van der Waals surface area contributed by atoms with Crippen molar-refractivity contribution in [1.29, 1.82) is 0 Å². The highest BCUT2D eigenvalue weighted by atomic mass is 16.4. The Labute approximate surface area is 144 Å². The Morgan fingerprint density at radius 2 is 1.12 bits per heavy atom. The van der Waals surface area contributed by atoms with Gasteiger partial charge in [0.15, 0.2) is 0 Å². The molecule has 0 radical (unpaired) electrons. The van der Waals surface area contributed by atoms with Gasteiger partial charge in [-0.15, -0.1) is 0 Å². The van der Waals surface area contributed by atoms with Gasteiger partial charge in [-0.3, -0.25) is 19.6 Å². The highest BCUT2D eigenvalue weighted by Crippen LogP contribution is 1.99. The van der Waals surface area contributed by atoms with E-state index in [1.807, 2.05) is 0 Å². The lowest BCUT2D eigenvalue weighted by Gasteiger charge is -2.10. The maximum Gasteiger partial charge on any atom is 0.328 e. The molecule has 0 saturated carbocycles. The first-order valence-corrected chi connectivity index (χ1v) is 8.24. The Bertz CT molecular complexity index is 368. The van der Waals surface area contributed by atoms with Crippen LogP contribution in [0.2, 0.25) is 0 Å². The third kappa shape index (κ3) is 12.0. The molecule has 2 rings (SSSR count). The minimum Gasteiger partial charge on any atom is -0.478 e. The number of hydrogen-bond acceptors (Lipinski definition) is 6. The Balaban J connectivity index is 0.000000331. The summed E-state index contributed by atoms with van der Waals surface area (Å²) in [6.07, 6.45) is 1.12. The van der Waals surface area contributed by atoms with Gasteiger partial charge >= 0.3 is 11.9 Å². The fraction of sp³-hybridized carbons (Fsp3) is 0.750. The molecular formula is C16H32N4O4. The van der Waals surface area contributed by atoms with Crippen molar-refractivity contribution in [3.8, 4) is 0 Å². The molecule has 2 heterocycles. The smallest absolute Gasteiger partial charge is 0.328 e. The second-order valence-electron chi connectivity index (χ2n) is 5.87. The largest absolute Gasteiger partial charge is 0.478 e. The molecule has 140 valence electrons. The van der Waals surface area contributed by atoms with E-state index in [2.05, 4.69) is 47.5 Å². The lowest BCUT2D eigenvalue weighted by atomic mass is 10.5. The van der Waals surface area contributed by atoms with E-state index < -0.39 is 11.9 Å². The van der Waals surface area contributed by atoms with Gasteiger partial charge in [-0.05, 0) is 27.2 Å². The van der Waals surface area contributed by atoms with Crippen LogP contribution < -0.4 is 0 Å². The van der Waals surface area contributed by atoms with Crippen LogP contribution >= 0.6 is 0 Å². The SMILES string of the molecule is CCN1CCN(C)C1.CCN1CCN(C)C1.O=C(O)/C=C\C(=O)O. The van der Waals surface area contributed by atoms with Crippen LogP contribution in [0.25, 0.3) is 0 Å². The van der Waals surface area contributed by atoms with Gasteiger partial charge in [0.05, 0.1) is 13.3 Å². The van der Waals surface area contributed by atoms with Crippen LogP contribution in [0, 0.1) is 0 Å². The van der Waals surface area contributed by atoms with Gasteiger partial charge in [-0.2, -0.15) is 0 Å². The molecule has 0 spiro atoms. The van der Waals surface area contributed by atoms with Crippen LogP contribution in [-0.4, -0.2) is 108 Å². The summed E-state index contributed by atoms with van der Waals surface area (Å²) in [5.74, 6) is -2.51. The molecule has 0 unspecified atom stereocenters.